The number of fused-ring (bicyclic) bond motifs is 3. The Hall–Kier alpha value is -2.37. The molecule has 3 heterocycles. The summed E-state index contributed by atoms with van der Waals surface area (Å²) >= 11 is 0. The molecule has 0 spiro atoms. The Morgan fingerprint density at radius 3 is 2.61 bits per heavy atom. The van der Waals surface area contributed by atoms with Gasteiger partial charge in [0.1, 0.15) is 11.4 Å². The van der Waals surface area contributed by atoms with Crippen LogP contribution in [0.4, 0.5) is 9.18 Å². The molecule has 0 unspecified atom stereocenters. The van der Waals surface area contributed by atoms with Gasteiger partial charge in [-0.05, 0) is 82.7 Å². The molecular formula is C22H28FN3O2. The molecule has 2 aromatic rings. The minimum atomic E-state index is -0.472. The van der Waals surface area contributed by atoms with Gasteiger partial charge in [0, 0.05) is 24.7 Å². The molecule has 0 N–H and O–H groups in total. The topological polar surface area (TPSA) is 47.4 Å². The number of carbonyl (C=O) groups is 1. The number of carbonyl (C=O) groups excluding carboxylic acids is 1. The van der Waals surface area contributed by atoms with Gasteiger partial charge in [-0.15, -0.1) is 0 Å². The van der Waals surface area contributed by atoms with Crippen molar-refractivity contribution < 1.29 is 13.9 Å². The van der Waals surface area contributed by atoms with Crippen LogP contribution in [0, 0.1) is 12.7 Å². The predicted molar refractivity (Wildman–Crippen MR) is 105 cm³/mol. The van der Waals surface area contributed by atoms with Crippen LogP contribution in [0.5, 0.6) is 0 Å². The van der Waals surface area contributed by atoms with Gasteiger partial charge < -0.3 is 9.64 Å². The highest BCUT2D eigenvalue weighted by Gasteiger charge is 2.31. The normalized spacial score (nSPS) is 17.2. The van der Waals surface area contributed by atoms with Crippen molar-refractivity contribution in [2.24, 2.45) is 0 Å². The monoisotopic (exact) mass is 385 g/mol. The molecule has 2 aliphatic heterocycles. The smallest absolute Gasteiger partial charge is 0.410 e. The number of nitrogens with zero attached hydrogens (tertiary/aromatic N) is 3. The van der Waals surface area contributed by atoms with E-state index in [4.69, 9.17) is 9.84 Å². The number of piperidine rings is 1. The first-order valence-electron chi connectivity index (χ1n) is 10.1. The van der Waals surface area contributed by atoms with Gasteiger partial charge in [-0.1, -0.05) is 0 Å². The third kappa shape index (κ3) is 3.52. The zero-order chi connectivity index (χ0) is 20.1. The van der Waals surface area contributed by atoms with Gasteiger partial charge in [0.2, 0.25) is 0 Å². The molecule has 1 aromatic carbocycles. The number of benzene rings is 1. The zero-order valence-electron chi connectivity index (χ0n) is 17.1. The Labute approximate surface area is 165 Å². The molecule has 0 bridgehead atoms. The lowest BCUT2D eigenvalue weighted by Crippen LogP contribution is -2.41. The molecular weight excluding hydrogens is 357 g/mol. The van der Waals surface area contributed by atoms with Crippen molar-refractivity contribution in [3.05, 3.63) is 46.5 Å². The molecule has 1 saturated heterocycles. The standard InChI is InChI=1S/C22H28FN3O2/c1-14-18-7-5-16-13-17(23)6-8-19(16)26(18)24-20(14)15-9-11-25(12-10-15)21(27)28-22(2,3)4/h6,8,13,15H,5,7,9-12H2,1-4H3. The highest BCUT2D eigenvalue weighted by atomic mass is 19.1. The van der Waals surface area contributed by atoms with Gasteiger partial charge >= 0.3 is 6.09 Å². The van der Waals surface area contributed by atoms with E-state index in [0.717, 1.165) is 42.6 Å². The van der Waals surface area contributed by atoms with E-state index in [1.54, 1.807) is 11.0 Å². The number of rotatable bonds is 1. The highest BCUT2D eigenvalue weighted by Crippen LogP contribution is 2.35. The van der Waals surface area contributed by atoms with Gasteiger partial charge in [-0.2, -0.15) is 5.10 Å². The third-order valence-corrected chi connectivity index (χ3v) is 5.71. The Bertz CT molecular complexity index is 905. The van der Waals surface area contributed by atoms with E-state index in [9.17, 15) is 9.18 Å². The fourth-order valence-electron chi connectivity index (χ4n) is 4.31. The van der Waals surface area contributed by atoms with Crippen molar-refractivity contribution >= 4 is 6.09 Å². The summed E-state index contributed by atoms with van der Waals surface area (Å²) in [5, 5.41) is 4.93. The molecule has 2 aliphatic rings. The fourth-order valence-corrected chi connectivity index (χ4v) is 4.31. The van der Waals surface area contributed by atoms with Crippen LogP contribution >= 0.6 is 0 Å². The predicted octanol–water partition coefficient (Wildman–Crippen LogP) is 4.53. The Balaban J connectivity index is 1.52. The summed E-state index contributed by atoms with van der Waals surface area (Å²) in [5.41, 5.74) is 5.12. The largest absolute Gasteiger partial charge is 0.444 e. The molecule has 150 valence electrons. The summed E-state index contributed by atoms with van der Waals surface area (Å²) in [6.45, 7) is 9.18. The summed E-state index contributed by atoms with van der Waals surface area (Å²) in [6.07, 6.45) is 3.25. The summed E-state index contributed by atoms with van der Waals surface area (Å²) in [7, 11) is 0. The lowest BCUT2D eigenvalue weighted by Gasteiger charge is -2.33. The lowest BCUT2D eigenvalue weighted by atomic mass is 9.90. The van der Waals surface area contributed by atoms with E-state index in [2.05, 4.69) is 6.92 Å². The molecule has 0 aliphatic carbocycles. The number of aryl methyl sites for hydroxylation is 1. The quantitative estimate of drug-likeness (QED) is 0.724. The third-order valence-electron chi connectivity index (χ3n) is 5.71. The Morgan fingerprint density at radius 2 is 1.93 bits per heavy atom. The van der Waals surface area contributed by atoms with Gasteiger partial charge in [0.25, 0.3) is 0 Å². The van der Waals surface area contributed by atoms with Crippen LogP contribution in [0.25, 0.3) is 5.69 Å². The number of hydrogen-bond acceptors (Lipinski definition) is 3. The van der Waals surface area contributed by atoms with Gasteiger partial charge in [-0.3, -0.25) is 0 Å². The molecule has 1 fully saturated rings. The second-order valence-electron chi connectivity index (χ2n) is 8.88. The minimum absolute atomic E-state index is 0.194. The molecule has 5 nitrogen and oxygen atoms in total. The molecule has 1 amide bonds. The number of ether oxygens (including phenoxy) is 1. The number of likely N-dealkylation sites (tertiary alicyclic amines) is 1. The van der Waals surface area contributed by atoms with Crippen molar-refractivity contribution in [1.29, 1.82) is 0 Å². The van der Waals surface area contributed by atoms with Crippen LogP contribution < -0.4 is 0 Å². The summed E-state index contributed by atoms with van der Waals surface area (Å²) < 4.78 is 21.1. The van der Waals surface area contributed by atoms with E-state index in [-0.39, 0.29) is 11.9 Å². The van der Waals surface area contributed by atoms with Gasteiger partial charge in [0.15, 0.2) is 0 Å². The van der Waals surface area contributed by atoms with Crippen molar-refractivity contribution in [2.75, 3.05) is 13.1 Å². The summed E-state index contributed by atoms with van der Waals surface area (Å²) in [5.74, 6) is 0.140. The van der Waals surface area contributed by atoms with E-state index in [1.807, 2.05) is 31.5 Å². The zero-order valence-corrected chi connectivity index (χ0v) is 17.1. The average molecular weight is 385 g/mol. The fraction of sp³-hybridized carbons (Fsp3) is 0.545. The molecule has 0 saturated carbocycles. The first-order valence-corrected chi connectivity index (χ1v) is 10.1. The van der Waals surface area contributed by atoms with Crippen LogP contribution in [0.3, 0.4) is 0 Å². The van der Waals surface area contributed by atoms with Crippen molar-refractivity contribution in [3.8, 4) is 5.69 Å². The van der Waals surface area contributed by atoms with Crippen LogP contribution in [-0.4, -0.2) is 39.5 Å². The number of amides is 1. The van der Waals surface area contributed by atoms with Crippen LogP contribution in [-0.2, 0) is 17.6 Å². The SMILES string of the molecule is Cc1c(C2CCN(C(=O)OC(C)(C)C)CC2)nn2c1CCc1cc(F)ccc1-2. The van der Waals surface area contributed by atoms with Crippen LogP contribution in [0.1, 0.15) is 62.0 Å². The van der Waals surface area contributed by atoms with Crippen molar-refractivity contribution in [2.45, 2.75) is 64.9 Å². The second-order valence-corrected chi connectivity index (χ2v) is 8.88. The Morgan fingerprint density at radius 1 is 1.21 bits per heavy atom. The number of halogens is 1. The van der Waals surface area contributed by atoms with E-state index < -0.39 is 5.60 Å². The lowest BCUT2D eigenvalue weighted by molar-refractivity contribution is 0.0204. The van der Waals surface area contributed by atoms with Crippen molar-refractivity contribution in [1.82, 2.24) is 14.7 Å². The molecule has 4 rings (SSSR count). The van der Waals surface area contributed by atoms with E-state index >= 15 is 0 Å². The number of aromatic nitrogens is 2. The van der Waals surface area contributed by atoms with E-state index in [0.29, 0.717) is 19.0 Å². The number of hydrogen-bond donors (Lipinski definition) is 0. The first-order chi connectivity index (χ1) is 13.2. The van der Waals surface area contributed by atoms with E-state index in [1.165, 1.54) is 17.3 Å². The minimum Gasteiger partial charge on any atom is -0.444 e. The molecule has 6 heteroatoms. The first kappa shape index (κ1) is 19.0. The summed E-state index contributed by atoms with van der Waals surface area (Å²) in [4.78, 5) is 14.1. The molecule has 0 radical (unpaired) electrons. The van der Waals surface area contributed by atoms with Crippen molar-refractivity contribution in [3.63, 3.8) is 0 Å². The molecule has 1 aromatic heterocycles. The van der Waals surface area contributed by atoms with Crippen LogP contribution in [0.2, 0.25) is 0 Å². The molecule has 28 heavy (non-hydrogen) atoms. The highest BCUT2D eigenvalue weighted by molar-refractivity contribution is 5.68. The average Bonchev–Trinajstić information content (AvgIpc) is 2.97. The Kier molecular flexibility index (Phi) is 4.68. The maximum Gasteiger partial charge on any atom is 0.410 e. The molecule has 0 atom stereocenters. The second kappa shape index (κ2) is 6.90. The van der Waals surface area contributed by atoms with Crippen LogP contribution in [0.15, 0.2) is 18.2 Å². The maximum atomic E-state index is 13.6. The maximum absolute atomic E-state index is 13.6. The van der Waals surface area contributed by atoms with Gasteiger partial charge in [0.05, 0.1) is 11.4 Å². The van der Waals surface area contributed by atoms with Gasteiger partial charge in [-0.25, -0.2) is 13.9 Å². The summed E-state index contributed by atoms with van der Waals surface area (Å²) in [6, 6.07) is 4.95.